The predicted molar refractivity (Wildman–Crippen MR) is 257 cm³/mol. The Morgan fingerprint density at radius 3 is 1.44 bits per heavy atom. The molecule has 0 saturated carbocycles. The molecule has 10 heterocycles. The number of nitrogens with zero attached hydrogens (tertiary/aromatic N) is 10. The van der Waals surface area contributed by atoms with Crippen molar-refractivity contribution in [3.05, 3.63) is 107 Å². The van der Waals surface area contributed by atoms with Gasteiger partial charge in [0.25, 0.3) is 23.6 Å². The molecule has 20 heteroatoms. The largest absolute Gasteiger partial charge is 0.378 e. The molecule has 12 rings (SSSR count). The van der Waals surface area contributed by atoms with E-state index in [0.717, 1.165) is 74.2 Å². The van der Waals surface area contributed by atoms with Gasteiger partial charge < -0.3 is 49.2 Å². The van der Waals surface area contributed by atoms with Gasteiger partial charge in [0, 0.05) is 101 Å². The summed E-state index contributed by atoms with van der Waals surface area (Å²) in [7, 11) is 0. The van der Waals surface area contributed by atoms with Crippen LogP contribution in [-0.4, -0.2) is 154 Å². The summed E-state index contributed by atoms with van der Waals surface area (Å²) in [6, 6.07) is 11.3. The van der Waals surface area contributed by atoms with Gasteiger partial charge in [-0.1, -0.05) is 0 Å². The molecule has 20 nitrogen and oxygen atoms in total. The third kappa shape index (κ3) is 9.38. The summed E-state index contributed by atoms with van der Waals surface area (Å²) in [5.74, 6) is -0.531. The van der Waals surface area contributed by atoms with Crippen LogP contribution in [0.3, 0.4) is 0 Å². The van der Waals surface area contributed by atoms with Crippen molar-refractivity contribution in [2.75, 3.05) is 99.3 Å². The minimum atomic E-state index is -0.287. The quantitative estimate of drug-likeness (QED) is 0.192. The highest BCUT2D eigenvalue weighted by Gasteiger charge is 2.35. The van der Waals surface area contributed by atoms with E-state index >= 15 is 0 Å². The summed E-state index contributed by atoms with van der Waals surface area (Å²) in [6.07, 6.45) is 16.4. The first-order valence-electron chi connectivity index (χ1n) is 24.3. The smallest absolute Gasteiger partial charge is 0.261 e. The zero-order valence-corrected chi connectivity index (χ0v) is 39.0. The van der Waals surface area contributed by atoms with Gasteiger partial charge in [-0.15, -0.1) is 0 Å². The standard InChI is InChI=1S/2C25H28N6O4/c2*32-24(20-14-27-31-6-3-5-26-23(20)31)28-21-12-17-15-30(16-18-4-1-2-9-35-18)25(33)19(17)13-22(21)29-7-10-34-11-8-29/h2*3,5-6,12-14,18H,1-2,4,7-11,15-16H2,(H,28,32)/t2*18-/m10/s1. The van der Waals surface area contributed by atoms with Crippen LogP contribution in [0, 0.1) is 0 Å². The number of carbonyl (C=O) groups is 4. The number of carbonyl (C=O) groups excluding carboxylic acids is 4. The van der Waals surface area contributed by atoms with Crippen LogP contribution in [0.15, 0.2) is 73.6 Å². The van der Waals surface area contributed by atoms with Gasteiger partial charge in [0.05, 0.1) is 73.8 Å². The molecule has 2 atom stereocenters. The van der Waals surface area contributed by atoms with E-state index in [9.17, 15) is 19.2 Å². The Bertz CT molecular complexity index is 2720. The van der Waals surface area contributed by atoms with Crippen LogP contribution >= 0.6 is 0 Å². The Morgan fingerprint density at radius 2 is 1.03 bits per heavy atom. The predicted octanol–water partition coefficient (Wildman–Crippen LogP) is 4.69. The number of benzene rings is 2. The molecule has 364 valence electrons. The molecule has 0 unspecified atom stereocenters. The number of nitrogens with one attached hydrogen (secondary N) is 2. The number of fused-ring (bicyclic) bond motifs is 4. The number of anilines is 4. The van der Waals surface area contributed by atoms with Crippen molar-refractivity contribution in [3.63, 3.8) is 0 Å². The monoisotopic (exact) mass is 952 g/mol. The van der Waals surface area contributed by atoms with Gasteiger partial charge in [0.15, 0.2) is 11.3 Å². The molecule has 0 radical (unpaired) electrons. The lowest BCUT2D eigenvalue weighted by Gasteiger charge is -2.31. The maximum atomic E-state index is 13.3. The number of morpholine rings is 2. The van der Waals surface area contributed by atoms with Crippen LogP contribution < -0.4 is 20.4 Å². The fourth-order valence-electron chi connectivity index (χ4n) is 10.2. The highest BCUT2D eigenvalue weighted by atomic mass is 16.5. The second kappa shape index (κ2) is 20.2. The first kappa shape index (κ1) is 45.4. The fourth-order valence-corrected chi connectivity index (χ4v) is 10.2. The molecule has 6 aromatic rings. The molecular formula is C50H56N12O8. The zero-order valence-electron chi connectivity index (χ0n) is 39.0. The van der Waals surface area contributed by atoms with Crippen molar-refractivity contribution in [2.45, 2.75) is 63.8 Å². The second-order valence-corrected chi connectivity index (χ2v) is 18.4. The molecular weight excluding hydrogens is 897 g/mol. The Labute approximate surface area is 403 Å². The van der Waals surface area contributed by atoms with E-state index in [0.29, 0.717) is 124 Å². The molecule has 2 aromatic carbocycles. The Balaban J connectivity index is 0.000000152. The molecule has 0 aliphatic carbocycles. The average Bonchev–Trinajstić information content (AvgIpc) is 4.18. The highest BCUT2D eigenvalue weighted by Crippen LogP contribution is 2.38. The van der Waals surface area contributed by atoms with E-state index in [1.165, 1.54) is 12.4 Å². The summed E-state index contributed by atoms with van der Waals surface area (Å²) < 4.78 is 25.9. The van der Waals surface area contributed by atoms with Crippen molar-refractivity contribution < 1.29 is 38.1 Å². The van der Waals surface area contributed by atoms with Gasteiger partial charge in [-0.3, -0.25) is 19.2 Å². The second-order valence-electron chi connectivity index (χ2n) is 18.4. The van der Waals surface area contributed by atoms with Crippen LogP contribution in [0.5, 0.6) is 0 Å². The van der Waals surface area contributed by atoms with Gasteiger partial charge in [0.1, 0.15) is 11.1 Å². The lowest BCUT2D eigenvalue weighted by atomic mass is 10.1. The van der Waals surface area contributed by atoms with E-state index in [1.807, 2.05) is 34.1 Å². The minimum Gasteiger partial charge on any atom is -0.378 e. The van der Waals surface area contributed by atoms with E-state index < -0.39 is 0 Å². The topological polar surface area (TPSA) is 203 Å². The van der Waals surface area contributed by atoms with Crippen LogP contribution in [0.25, 0.3) is 11.3 Å². The lowest BCUT2D eigenvalue weighted by molar-refractivity contribution is -0.00351. The van der Waals surface area contributed by atoms with Crippen LogP contribution in [0.4, 0.5) is 22.7 Å². The molecule has 0 bridgehead atoms. The molecule has 6 aliphatic heterocycles. The number of amides is 4. The van der Waals surface area contributed by atoms with Crippen LogP contribution in [0.1, 0.15) is 91.1 Å². The summed E-state index contributed by atoms with van der Waals surface area (Å²) in [6.45, 7) is 8.88. The van der Waals surface area contributed by atoms with Crippen molar-refractivity contribution in [3.8, 4) is 0 Å². The van der Waals surface area contributed by atoms with E-state index in [-0.39, 0.29) is 35.8 Å². The number of aromatic nitrogens is 6. The molecule has 4 fully saturated rings. The van der Waals surface area contributed by atoms with Crippen LogP contribution in [0.2, 0.25) is 0 Å². The maximum absolute atomic E-state index is 13.3. The van der Waals surface area contributed by atoms with Gasteiger partial charge in [-0.25, -0.2) is 19.0 Å². The molecule has 4 aromatic heterocycles. The minimum absolute atomic E-state index is 0.0217. The molecule has 2 N–H and O–H groups in total. The SMILES string of the molecule is O=C(Nc1cc2c(cc1N1CCOCC1)C(=O)N(C[C@@H]1CCCCO1)C2)c1cnn2cccnc12.O=C(Nc1cc2c(cc1N1CCOCC1)C(=O)N(C[C@H]1CCCCO1)C2)c1cnn2cccnc12. The highest BCUT2D eigenvalue weighted by molar-refractivity contribution is 6.11. The van der Waals surface area contributed by atoms with Crippen LogP contribution in [-0.2, 0) is 32.0 Å². The normalized spacial score (nSPS) is 20.3. The molecule has 0 spiro atoms. The molecule has 70 heavy (non-hydrogen) atoms. The zero-order chi connectivity index (χ0) is 47.6. The van der Waals surface area contributed by atoms with Crippen molar-refractivity contribution in [2.24, 2.45) is 0 Å². The van der Waals surface area contributed by atoms with Crippen molar-refractivity contribution in [1.82, 2.24) is 39.0 Å². The average molecular weight is 953 g/mol. The Hall–Kier alpha value is -7.00. The van der Waals surface area contributed by atoms with Gasteiger partial charge in [-0.2, -0.15) is 10.2 Å². The van der Waals surface area contributed by atoms with E-state index in [4.69, 9.17) is 18.9 Å². The number of ether oxygens (including phenoxy) is 4. The number of hydrogen-bond donors (Lipinski definition) is 2. The van der Waals surface area contributed by atoms with Gasteiger partial charge in [-0.05, 0) is 86.1 Å². The maximum Gasteiger partial charge on any atom is 0.261 e. The third-order valence-electron chi connectivity index (χ3n) is 13.8. The Kier molecular flexibility index (Phi) is 13.1. The number of rotatable bonds is 10. The summed E-state index contributed by atoms with van der Waals surface area (Å²) in [4.78, 5) is 69.8. The summed E-state index contributed by atoms with van der Waals surface area (Å²) >= 11 is 0. The Morgan fingerprint density at radius 1 is 0.586 bits per heavy atom. The van der Waals surface area contributed by atoms with Gasteiger partial charge in [0.2, 0.25) is 0 Å². The fraction of sp³-hybridized carbons (Fsp3) is 0.440. The summed E-state index contributed by atoms with van der Waals surface area (Å²) in [5.41, 5.74) is 7.99. The van der Waals surface area contributed by atoms with Gasteiger partial charge >= 0.3 is 0 Å². The van der Waals surface area contributed by atoms with Crippen molar-refractivity contribution >= 4 is 57.7 Å². The van der Waals surface area contributed by atoms with E-state index in [1.54, 1.807) is 46.0 Å². The lowest BCUT2D eigenvalue weighted by Crippen LogP contribution is -2.37. The number of hydrogen-bond acceptors (Lipinski definition) is 14. The first-order chi connectivity index (χ1) is 34.3. The molecule has 6 aliphatic rings. The first-order valence-corrected chi connectivity index (χ1v) is 24.3. The van der Waals surface area contributed by atoms with E-state index in [2.05, 4.69) is 40.6 Å². The van der Waals surface area contributed by atoms with Crippen molar-refractivity contribution in [1.29, 1.82) is 0 Å². The molecule has 4 saturated heterocycles. The third-order valence-corrected chi connectivity index (χ3v) is 13.8. The summed E-state index contributed by atoms with van der Waals surface area (Å²) in [5, 5.41) is 14.6. The molecule has 4 amide bonds.